The maximum atomic E-state index is 12.7. The fraction of sp³-hybridized carbons (Fsp3) is 0.241. The number of nitrogens with zero attached hydrogens (tertiary/aromatic N) is 1. The fourth-order valence-electron chi connectivity index (χ4n) is 3.99. The molecule has 3 aromatic rings. The lowest BCUT2D eigenvalue weighted by atomic mass is 9.83. The van der Waals surface area contributed by atoms with E-state index >= 15 is 0 Å². The maximum absolute atomic E-state index is 12.7. The van der Waals surface area contributed by atoms with E-state index in [1.165, 1.54) is 0 Å². The van der Waals surface area contributed by atoms with Gasteiger partial charge < -0.3 is 29.4 Å². The van der Waals surface area contributed by atoms with Gasteiger partial charge in [-0.15, -0.1) is 0 Å². The molecule has 0 spiro atoms. The Kier molecular flexibility index (Phi) is 7.54. The van der Waals surface area contributed by atoms with Gasteiger partial charge in [-0.1, -0.05) is 26.0 Å². The molecule has 4 rings (SSSR count). The first-order chi connectivity index (χ1) is 17.8. The molecule has 0 saturated carbocycles. The second-order valence-corrected chi connectivity index (χ2v) is 8.86. The van der Waals surface area contributed by atoms with Gasteiger partial charge in [-0.25, -0.2) is 4.79 Å². The summed E-state index contributed by atoms with van der Waals surface area (Å²) >= 11 is 0. The molecular weight excluding hydrogens is 472 g/mol. The van der Waals surface area contributed by atoms with Crippen LogP contribution < -0.4 is 29.4 Å². The first-order valence-corrected chi connectivity index (χ1v) is 11.7. The summed E-state index contributed by atoms with van der Waals surface area (Å²) in [6.07, 6.45) is 0. The Morgan fingerprint density at radius 3 is 2.35 bits per heavy atom. The molecule has 3 aromatic carbocycles. The van der Waals surface area contributed by atoms with Gasteiger partial charge in [0.2, 0.25) is 5.88 Å². The Morgan fingerprint density at radius 2 is 1.70 bits per heavy atom. The molecule has 0 bridgehead atoms. The molecule has 190 valence electrons. The van der Waals surface area contributed by atoms with Gasteiger partial charge in [0.25, 0.3) is 0 Å². The van der Waals surface area contributed by atoms with Gasteiger partial charge in [0.15, 0.2) is 11.5 Å². The van der Waals surface area contributed by atoms with Crippen molar-refractivity contribution in [3.8, 4) is 34.8 Å². The molecule has 0 saturated heterocycles. The minimum atomic E-state index is -0.524. The highest BCUT2D eigenvalue weighted by atomic mass is 16.5. The molecule has 8 nitrogen and oxygen atoms in total. The molecule has 2 N–H and O–H groups in total. The van der Waals surface area contributed by atoms with Crippen molar-refractivity contribution in [1.82, 2.24) is 0 Å². The van der Waals surface area contributed by atoms with Crippen LogP contribution >= 0.6 is 0 Å². The van der Waals surface area contributed by atoms with E-state index in [-0.39, 0.29) is 17.2 Å². The van der Waals surface area contributed by atoms with Crippen molar-refractivity contribution in [2.24, 2.45) is 11.7 Å². The number of nitriles is 1. The first-order valence-electron chi connectivity index (χ1n) is 11.7. The number of rotatable bonds is 8. The number of methoxy groups -OCH3 is 2. The maximum Gasteiger partial charge on any atom is 0.343 e. The number of allylic oxidation sites excluding steroid dienone is 1. The summed E-state index contributed by atoms with van der Waals surface area (Å²) in [6.45, 7) is 4.72. The van der Waals surface area contributed by atoms with Gasteiger partial charge in [-0.05, 0) is 53.9 Å². The number of hydrogen-bond donors (Lipinski definition) is 1. The molecule has 8 heteroatoms. The van der Waals surface area contributed by atoms with Crippen LogP contribution in [0.25, 0.3) is 0 Å². The van der Waals surface area contributed by atoms with Crippen LogP contribution in [-0.4, -0.2) is 26.8 Å². The summed E-state index contributed by atoms with van der Waals surface area (Å²) in [5.41, 5.74) is 8.23. The molecule has 0 fully saturated rings. The van der Waals surface area contributed by atoms with Crippen LogP contribution in [0.5, 0.6) is 28.7 Å². The standard InChI is InChI=1S/C29H28N2O6/c1-17(2)16-35-20-8-5-18(6-9-20)29(32)36-21-10-11-22-25(14-21)37-28(31)23(15-30)27(22)19-7-12-24(33-3)26(13-19)34-4/h5-14,17,27H,16,31H2,1-4H3. The largest absolute Gasteiger partial charge is 0.493 e. The van der Waals surface area contributed by atoms with E-state index in [1.807, 2.05) is 6.07 Å². The number of benzene rings is 3. The molecule has 1 heterocycles. The highest BCUT2D eigenvalue weighted by Crippen LogP contribution is 2.45. The van der Waals surface area contributed by atoms with Gasteiger partial charge in [0.1, 0.15) is 28.9 Å². The van der Waals surface area contributed by atoms with Crippen molar-refractivity contribution in [1.29, 1.82) is 5.26 Å². The number of ether oxygens (including phenoxy) is 5. The number of carbonyl (C=O) groups is 1. The summed E-state index contributed by atoms with van der Waals surface area (Å²) in [7, 11) is 3.10. The van der Waals surface area contributed by atoms with E-state index in [4.69, 9.17) is 29.4 Å². The van der Waals surface area contributed by atoms with E-state index in [0.717, 1.165) is 5.56 Å². The highest BCUT2D eigenvalue weighted by molar-refractivity contribution is 5.91. The van der Waals surface area contributed by atoms with Crippen LogP contribution in [0.3, 0.4) is 0 Å². The third-order valence-corrected chi connectivity index (χ3v) is 5.82. The molecule has 0 aromatic heterocycles. The second-order valence-electron chi connectivity index (χ2n) is 8.86. The summed E-state index contributed by atoms with van der Waals surface area (Å²) in [5, 5.41) is 9.82. The van der Waals surface area contributed by atoms with Crippen LogP contribution in [0.15, 0.2) is 72.1 Å². The Bertz CT molecular complexity index is 1370. The molecule has 1 atom stereocenters. The Morgan fingerprint density at radius 1 is 1.00 bits per heavy atom. The van der Waals surface area contributed by atoms with E-state index in [0.29, 0.717) is 46.6 Å². The molecule has 1 unspecified atom stereocenters. The summed E-state index contributed by atoms with van der Waals surface area (Å²) in [5.74, 6) is 1.79. The van der Waals surface area contributed by atoms with Crippen molar-refractivity contribution in [3.63, 3.8) is 0 Å². The SMILES string of the molecule is COc1ccc(C2C(C#N)=C(N)Oc3cc(OC(=O)c4ccc(OCC(C)C)cc4)ccc32)cc1OC. The van der Waals surface area contributed by atoms with Gasteiger partial charge in [-0.2, -0.15) is 5.26 Å². The van der Waals surface area contributed by atoms with Crippen LogP contribution in [0.2, 0.25) is 0 Å². The smallest absolute Gasteiger partial charge is 0.343 e. The highest BCUT2D eigenvalue weighted by Gasteiger charge is 2.31. The molecule has 1 aliphatic heterocycles. The van der Waals surface area contributed by atoms with Crippen molar-refractivity contribution < 1.29 is 28.5 Å². The minimum absolute atomic E-state index is 0.0183. The molecule has 37 heavy (non-hydrogen) atoms. The normalized spacial score (nSPS) is 14.3. The van der Waals surface area contributed by atoms with Crippen LogP contribution in [0.4, 0.5) is 0 Å². The first kappa shape index (κ1) is 25.5. The van der Waals surface area contributed by atoms with Crippen molar-refractivity contribution in [2.75, 3.05) is 20.8 Å². The monoisotopic (exact) mass is 500 g/mol. The summed E-state index contributed by atoms with van der Waals surface area (Å²) in [4.78, 5) is 12.7. The zero-order valence-corrected chi connectivity index (χ0v) is 21.1. The van der Waals surface area contributed by atoms with Gasteiger partial charge in [-0.3, -0.25) is 0 Å². The lowest BCUT2D eigenvalue weighted by molar-refractivity contribution is 0.0734. The Balaban J connectivity index is 1.59. The second kappa shape index (κ2) is 11.0. The summed E-state index contributed by atoms with van der Waals surface area (Å²) < 4.78 is 27.8. The topological polar surface area (TPSA) is 113 Å². The molecule has 0 radical (unpaired) electrons. The quantitative estimate of drug-likeness (QED) is 0.333. The van der Waals surface area contributed by atoms with E-state index < -0.39 is 11.9 Å². The van der Waals surface area contributed by atoms with Crippen LogP contribution in [0.1, 0.15) is 41.3 Å². The molecule has 1 aliphatic rings. The van der Waals surface area contributed by atoms with Crippen LogP contribution in [-0.2, 0) is 0 Å². The summed E-state index contributed by atoms with van der Waals surface area (Å²) in [6, 6.07) is 19.3. The number of nitrogens with two attached hydrogens (primary N) is 1. The van der Waals surface area contributed by atoms with Gasteiger partial charge in [0.05, 0.1) is 32.3 Å². The third kappa shape index (κ3) is 5.46. The van der Waals surface area contributed by atoms with Crippen LogP contribution in [0, 0.1) is 17.2 Å². The van der Waals surface area contributed by atoms with E-state index in [9.17, 15) is 10.1 Å². The van der Waals surface area contributed by atoms with Gasteiger partial charge >= 0.3 is 5.97 Å². The van der Waals surface area contributed by atoms with Gasteiger partial charge in [0, 0.05) is 11.6 Å². The number of fused-ring (bicyclic) bond motifs is 1. The average Bonchev–Trinajstić information content (AvgIpc) is 2.90. The van der Waals surface area contributed by atoms with Crippen molar-refractivity contribution >= 4 is 5.97 Å². The Hall–Kier alpha value is -4.64. The molecule has 0 amide bonds. The van der Waals surface area contributed by atoms with Crippen molar-refractivity contribution in [2.45, 2.75) is 19.8 Å². The lowest BCUT2D eigenvalue weighted by Gasteiger charge is -2.27. The lowest BCUT2D eigenvalue weighted by Crippen LogP contribution is -2.21. The predicted molar refractivity (Wildman–Crippen MR) is 137 cm³/mol. The average molecular weight is 501 g/mol. The van der Waals surface area contributed by atoms with E-state index in [1.54, 1.807) is 68.8 Å². The minimum Gasteiger partial charge on any atom is -0.493 e. The number of carbonyl (C=O) groups excluding carboxylic acids is 1. The zero-order chi connectivity index (χ0) is 26.5. The molecular formula is C29H28N2O6. The zero-order valence-electron chi connectivity index (χ0n) is 21.1. The third-order valence-electron chi connectivity index (χ3n) is 5.82. The number of esters is 1. The fourth-order valence-corrected chi connectivity index (χ4v) is 3.99. The number of hydrogen-bond acceptors (Lipinski definition) is 8. The Labute approximate surface area is 215 Å². The van der Waals surface area contributed by atoms with Crippen molar-refractivity contribution in [3.05, 3.63) is 88.8 Å². The van der Waals surface area contributed by atoms with E-state index in [2.05, 4.69) is 19.9 Å². The predicted octanol–water partition coefficient (Wildman–Crippen LogP) is 5.18. The molecule has 0 aliphatic carbocycles.